The SMILES string of the molecule is COc1ccc2[nH]c(=S)n(-c3cccc(C)c3C)c2n1. The van der Waals surface area contributed by atoms with Crippen molar-refractivity contribution in [2.45, 2.75) is 13.8 Å². The van der Waals surface area contributed by atoms with Crippen molar-refractivity contribution in [2.75, 3.05) is 7.11 Å². The van der Waals surface area contributed by atoms with Gasteiger partial charge in [-0.1, -0.05) is 12.1 Å². The third kappa shape index (κ3) is 1.91. The molecule has 5 heteroatoms. The van der Waals surface area contributed by atoms with Crippen LogP contribution in [0.2, 0.25) is 0 Å². The summed E-state index contributed by atoms with van der Waals surface area (Å²) >= 11 is 5.44. The number of nitrogens with zero attached hydrogens (tertiary/aromatic N) is 2. The summed E-state index contributed by atoms with van der Waals surface area (Å²) in [6, 6.07) is 9.91. The molecule has 0 saturated carbocycles. The van der Waals surface area contributed by atoms with E-state index in [0.717, 1.165) is 16.9 Å². The van der Waals surface area contributed by atoms with Gasteiger partial charge in [-0.25, -0.2) is 0 Å². The van der Waals surface area contributed by atoms with Crippen LogP contribution in [0, 0.1) is 18.6 Å². The maximum Gasteiger partial charge on any atom is 0.215 e. The molecule has 0 unspecified atom stereocenters. The molecule has 0 aliphatic carbocycles. The van der Waals surface area contributed by atoms with Crippen molar-refractivity contribution in [3.8, 4) is 11.6 Å². The minimum atomic E-state index is 0.575. The van der Waals surface area contributed by atoms with E-state index < -0.39 is 0 Å². The number of aromatic nitrogens is 3. The van der Waals surface area contributed by atoms with Crippen LogP contribution in [-0.4, -0.2) is 21.6 Å². The molecule has 4 nitrogen and oxygen atoms in total. The van der Waals surface area contributed by atoms with Crippen LogP contribution >= 0.6 is 12.2 Å². The van der Waals surface area contributed by atoms with Gasteiger partial charge in [-0.3, -0.25) is 4.57 Å². The molecule has 1 N–H and O–H groups in total. The fourth-order valence-corrected chi connectivity index (χ4v) is 2.58. The second-order valence-corrected chi connectivity index (χ2v) is 5.10. The molecule has 1 aromatic carbocycles. The number of imidazole rings is 1. The Morgan fingerprint density at radius 3 is 2.75 bits per heavy atom. The fourth-order valence-electron chi connectivity index (χ4n) is 2.28. The van der Waals surface area contributed by atoms with Crippen molar-refractivity contribution in [3.63, 3.8) is 0 Å². The van der Waals surface area contributed by atoms with E-state index in [9.17, 15) is 0 Å². The van der Waals surface area contributed by atoms with E-state index in [2.05, 4.69) is 29.9 Å². The molecule has 0 atom stereocenters. The topological polar surface area (TPSA) is 42.8 Å². The number of nitrogens with one attached hydrogen (secondary N) is 1. The summed E-state index contributed by atoms with van der Waals surface area (Å²) in [4.78, 5) is 7.69. The summed E-state index contributed by atoms with van der Waals surface area (Å²) in [6.45, 7) is 4.18. The number of methoxy groups -OCH3 is 1. The van der Waals surface area contributed by atoms with Crippen LogP contribution in [0.5, 0.6) is 5.88 Å². The van der Waals surface area contributed by atoms with Gasteiger partial charge >= 0.3 is 0 Å². The summed E-state index contributed by atoms with van der Waals surface area (Å²) in [5.74, 6) is 0.575. The Morgan fingerprint density at radius 2 is 2.00 bits per heavy atom. The van der Waals surface area contributed by atoms with E-state index in [4.69, 9.17) is 17.0 Å². The van der Waals surface area contributed by atoms with Crippen LogP contribution in [0.3, 0.4) is 0 Å². The van der Waals surface area contributed by atoms with Crippen LogP contribution in [0.25, 0.3) is 16.9 Å². The molecular formula is C15H15N3OS. The Bertz CT molecular complexity index is 848. The Morgan fingerprint density at radius 1 is 1.20 bits per heavy atom. The van der Waals surface area contributed by atoms with Gasteiger partial charge in [0.05, 0.1) is 18.3 Å². The zero-order chi connectivity index (χ0) is 14.3. The third-order valence-electron chi connectivity index (χ3n) is 3.53. The van der Waals surface area contributed by atoms with Crippen molar-refractivity contribution in [3.05, 3.63) is 46.2 Å². The van der Waals surface area contributed by atoms with Crippen LogP contribution in [0.15, 0.2) is 30.3 Å². The first kappa shape index (κ1) is 12.9. The molecule has 102 valence electrons. The van der Waals surface area contributed by atoms with Crippen molar-refractivity contribution in [1.82, 2.24) is 14.5 Å². The number of aromatic amines is 1. The zero-order valence-corrected chi connectivity index (χ0v) is 12.4. The molecule has 0 radical (unpaired) electrons. The van der Waals surface area contributed by atoms with E-state index in [1.54, 1.807) is 7.11 Å². The number of aryl methyl sites for hydroxylation is 1. The normalized spacial score (nSPS) is 10.9. The fraction of sp³-hybridized carbons (Fsp3) is 0.200. The summed E-state index contributed by atoms with van der Waals surface area (Å²) < 4.78 is 7.79. The smallest absolute Gasteiger partial charge is 0.215 e. The average molecular weight is 285 g/mol. The largest absolute Gasteiger partial charge is 0.481 e. The lowest BCUT2D eigenvalue weighted by Gasteiger charge is -2.10. The van der Waals surface area contributed by atoms with Crippen LogP contribution in [0.1, 0.15) is 11.1 Å². The number of benzene rings is 1. The number of ether oxygens (including phenoxy) is 1. The Balaban J connectivity index is 2.38. The first-order chi connectivity index (χ1) is 9.61. The lowest BCUT2D eigenvalue weighted by molar-refractivity contribution is 0.399. The molecule has 20 heavy (non-hydrogen) atoms. The quantitative estimate of drug-likeness (QED) is 0.730. The number of H-pyrrole nitrogens is 1. The van der Waals surface area contributed by atoms with Crippen molar-refractivity contribution >= 4 is 23.4 Å². The molecule has 2 aromatic heterocycles. The zero-order valence-electron chi connectivity index (χ0n) is 11.6. The van der Waals surface area contributed by atoms with Gasteiger partial charge in [0, 0.05) is 6.07 Å². The number of hydrogen-bond acceptors (Lipinski definition) is 3. The predicted molar refractivity (Wildman–Crippen MR) is 82.3 cm³/mol. The highest BCUT2D eigenvalue weighted by atomic mass is 32.1. The van der Waals surface area contributed by atoms with E-state index in [1.807, 2.05) is 28.8 Å². The molecule has 3 aromatic rings. The molecule has 2 heterocycles. The maximum absolute atomic E-state index is 5.44. The maximum atomic E-state index is 5.44. The second kappa shape index (κ2) is 4.76. The third-order valence-corrected chi connectivity index (χ3v) is 3.82. The minimum Gasteiger partial charge on any atom is -0.481 e. The molecule has 0 aliphatic heterocycles. The van der Waals surface area contributed by atoms with Gasteiger partial charge in [-0.05, 0) is 49.3 Å². The van der Waals surface area contributed by atoms with Gasteiger partial charge < -0.3 is 9.72 Å². The van der Waals surface area contributed by atoms with E-state index in [0.29, 0.717) is 10.7 Å². The van der Waals surface area contributed by atoms with E-state index >= 15 is 0 Å². The number of pyridine rings is 1. The van der Waals surface area contributed by atoms with Crippen molar-refractivity contribution < 1.29 is 4.74 Å². The summed E-state index contributed by atoms with van der Waals surface area (Å²) in [7, 11) is 1.61. The van der Waals surface area contributed by atoms with Crippen LogP contribution in [0.4, 0.5) is 0 Å². The molecule has 0 bridgehead atoms. The number of fused-ring (bicyclic) bond motifs is 1. The molecule has 0 saturated heterocycles. The van der Waals surface area contributed by atoms with E-state index in [1.165, 1.54) is 11.1 Å². The highest BCUT2D eigenvalue weighted by Crippen LogP contribution is 2.24. The molecule has 3 rings (SSSR count). The second-order valence-electron chi connectivity index (χ2n) is 4.71. The van der Waals surface area contributed by atoms with Gasteiger partial charge in [0.2, 0.25) is 5.88 Å². The van der Waals surface area contributed by atoms with Gasteiger partial charge in [-0.15, -0.1) is 0 Å². The summed E-state index contributed by atoms with van der Waals surface area (Å²) in [5.41, 5.74) is 5.14. The van der Waals surface area contributed by atoms with Crippen molar-refractivity contribution in [1.29, 1.82) is 0 Å². The lowest BCUT2D eigenvalue weighted by atomic mass is 10.1. The predicted octanol–water partition coefficient (Wildman–Crippen LogP) is 3.71. The molecule has 0 aliphatic rings. The summed E-state index contributed by atoms with van der Waals surface area (Å²) in [6.07, 6.45) is 0. The Hall–Kier alpha value is -2.14. The van der Waals surface area contributed by atoms with Gasteiger partial charge in [0.25, 0.3) is 0 Å². The standard InChI is InChI=1S/C15H15N3OS/c1-9-5-4-6-12(10(9)2)18-14-11(16-15(18)20)7-8-13(17-14)19-3/h4-8H,1-3H3,(H,16,20). The van der Waals surface area contributed by atoms with E-state index in [-0.39, 0.29) is 0 Å². The first-order valence-electron chi connectivity index (χ1n) is 6.34. The van der Waals surface area contributed by atoms with Gasteiger partial charge in [0.15, 0.2) is 10.4 Å². The minimum absolute atomic E-state index is 0.575. The summed E-state index contributed by atoms with van der Waals surface area (Å²) in [5, 5.41) is 0. The van der Waals surface area contributed by atoms with Crippen LogP contribution in [-0.2, 0) is 0 Å². The van der Waals surface area contributed by atoms with Crippen molar-refractivity contribution in [2.24, 2.45) is 0 Å². The van der Waals surface area contributed by atoms with Gasteiger partial charge in [-0.2, -0.15) is 4.98 Å². The monoisotopic (exact) mass is 285 g/mol. The Labute approximate surface area is 122 Å². The molecule has 0 amide bonds. The van der Waals surface area contributed by atoms with Crippen LogP contribution < -0.4 is 4.74 Å². The lowest BCUT2D eigenvalue weighted by Crippen LogP contribution is -2.00. The highest BCUT2D eigenvalue weighted by Gasteiger charge is 2.11. The molecule has 0 fully saturated rings. The highest BCUT2D eigenvalue weighted by molar-refractivity contribution is 7.71. The molecule has 0 spiro atoms. The molecular weight excluding hydrogens is 270 g/mol. The number of hydrogen-bond donors (Lipinski definition) is 1. The average Bonchev–Trinajstić information content (AvgIpc) is 2.77. The van der Waals surface area contributed by atoms with Gasteiger partial charge in [0.1, 0.15) is 0 Å². The number of rotatable bonds is 2. The first-order valence-corrected chi connectivity index (χ1v) is 6.75. The Kier molecular flexibility index (Phi) is 3.06.